The highest BCUT2D eigenvalue weighted by Gasteiger charge is 2.00. The van der Waals surface area contributed by atoms with Crippen LogP contribution in [0, 0.1) is 13.8 Å². The molecule has 0 heterocycles. The van der Waals surface area contributed by atoms with Gasteiger partial charge >= 0.3 is 0 Å². The highest BCUT2D eigenvalue weighted by molar-refractivity contribution is 5.90. The summed E-state index contributed by atoms with van der Waals surface area (Å²) in [6.07, 6.45) is 0. The minimum absolute atomic E-state index is 0.479. The van der Waals surface area contributed by atoms with Gasteiger partial charge in [-0.3, -0.25) is 0 Å². The van der Waals surface area contributed by atoms with Gasteiger partial charge in [0.05, 0.1) is 12.8 Å². The molecule has 0 amide bonds. The zero-order valence-electron chi connectivity index (χ0n) is 11.5. The topological polar surface area (TPSA) is 33.6 Å². The van der Waals surface area contributed by atoms with Crippen molar-refractivity contribution in [2.75, 3.05) is 12.4 Å². The molecule has 0 bridgehead atoms. The van der Waals surface area contributed by atoms with Crippen LogP contribution >= 0.6 is 0 Å². The minimum Gasteiger partial charge on any atom is -0.468 e. The number of methoxy groups -OCH3 is 1. The van der Waals surface area contributed by atoms with Crippen molar-refractivity contribution in [3.05, 3.63) is 59.7 Å². The first-order valence-electron chi connectivity index (χ1n) is 6.20. The first-order valence-corrected chi connectivity index (χ1v) is 6.20. The molecule has 19 heavy (non-hydrogen) atoms. The fourth-order valence-electron chi connectivity index (χ4n) is 1.62. The lowest BCUT2D eigenvalue weighted by molar-refractivity contribution is 0.402. The molecule has 0 spiro atoms. The third kappa shape index (κ3) is 3.85. The number of nitrogens with one attached hydrogen (secondary N) is 1. The second kappa shape index (κ2) is 6.05. The van der Waals surface area contributed by atoms with Crippen molar-refractivity contribution in [1.82, 2.24) is 0 Å². The number of amidine groups is 1. The van der Waals surface area contributed by atoms with Gasteiger partial charge in [0, 0.05) is 5.69 Å². The third-order valence-electron chi connectivity index (χ3n) is 2.76. The smallest absolute Gasteiger partial charge is 0.294 e. The molecule has 0 aliphatic carbocycles. The summed E-state index contributed by atoms with van der Waals surface area (Å²) in [7, 11) is 1.61. The Morgan fingerprint density at radius 2 is 1.42 bits per heavy atom. The summed E-state index contributed by atoms with van der Waals surface area (Å²) in [6, 6.07) is 16.5. The fourth-order valence-corrected chi connectivity index (χ4v) is 1.62. The molecular weight excluding hydrogens is 236 g/mol. The van der Waals surface area contributed by atoms with Gasteiger partial charge in [-0.15, -0.1) is 0 Å². The summed E-state index contributed by atoms with van der Waals surface area (Å²) >= 11 is 0. The van der Waals surface area contributed by atoms with E-state index in [1.54, 1.807) is 7.11 Å². The van der Waals surface area contributed by atoms with E-state index in [4.69, 9.17) is 4.74 Å². The second-order valence-corrected chi connectivity index (χ2v) is 4.45. The minimum atomic E-state index is 0.479. The standard InChI is InChI=1S/C16H18N2O/c1-12-4-8-14(9-5-12)17-16(19-3)18-15-10-6-13(2)7-11-15/h4-11H,1-3H3,(H,17,18). The van der Waals surface area contributed by atoms with Gasteiger partial charge < -0.3 is 10.1 Å². The Morgan fingerprint density at radius 1 is 0.895 bits per heavy atom. The molecule has 1 N–H and O–H groups in total. The molecule has 2 rings (SSSR count). The summed E-state index contributed by atoms with van der Waals surface area (Å²) in [6.45, 7) is 4.11. The predicted molar refractivity (Wildman–Crippen MR) is 80.1 cm³/mol. The zero-order chi connectivity index (χ0) is 13.7. The van der Waals surface area contributed by atoms with Crippen LogP contribution in [0.25, 0.3) is 0 Å². The Bertz CT molecular complexity index is 556. The lowest BCUT2D eigenvalue weighted by Gasteiger charge is -2.08. The maximum atomic E-state index is 5.26. The maximum absolute atomic E-state index is 5.26. The van der Waals surface area contributed by atoms with Crippen LogP contribution in [0.1, 0.15) is 11.1 Å². The Hall–Kier alpha value is -2.29. The van der Waals surface area contributed by atoms with Crippen LogP contribution in [0.2, 0.25) is 0 Å². The number of benzene rings is 2. The molecule has 0 aliphatic rings. The van der Waals surface area contributed by atoms with Crippen LogP contribution < -0.4 is 5.32 Å². The summed E-state index contributed by atoms with van der Waals surface area (Å²) in [5, 5.41) is 3.15. The van der Waals surface area contributed by atoms with Gasteiger partial charge in [0.25, 0.3) is 6.02 Å². The molecule has 0 aromatic heterocycles. The predicted octanol–water partition coefficient (Wildman–Crippen LogP) is 4.05. The van der Waals surface area contributed by atoms with Crippen molar-refractivity contribution in [3.8, 4) is 0 Å². The van der Waals surface area contributed by atoms with E-state index in [0.29, 0.717) is 6.02 Å². The van der Waals surface area contributed by atoms with E-state index in [1.165, 1.54) is 11.1 Å². The van der Waals surface area contributed by atoms with Gasteiger partial charge in [-0.05, 0) is 38.1 Å². The number of hydrogen-bond acceptors (Lipinski definition) is 2. The zero-order valence-corrected chi connectivity index (χ0v) is 11.5. The molecular formula is C16H18N2O. The van der Waals surface area contributed by atoms with Crippen molar-refractivity contribution < 1.29 is 4.74 Å². The normalized spacial score (nSPS) is 11.2. The van der Waals surface area contributed by atoms with Crippen molar-refractivity contribution in [3.63, 3.8) is 0 Å². The van der Waals surface area contributed by atoms with Crippen molar-refractivity contribution >= 4 is 17.4 Å². The molecule has 3 nitrogen and oxygen atoms in total. The molecule has 2 aromatic carbocycles. The third-order valence-corrected chi connectivity index (χ3v) is 2.76. The number of anilines is 1. The molecule has 98 valence electrons. The first kappa shape index (κ1) is 13.1. The van der Waals surface area contributed by atoms with E-state index in [0.717, 1.165) is 11.4 Å². The van der Waals surface area contributed by atoms with E-state index in [2.05, 4.69) is 24.2 Å². The molecule has 0 atom stereocenters. The highest BCUT2D eigenvalue weighted by Crippen LogP contribution is 2.14. The molecule has 0 radical (unpaired) electrons. The molecule has 0 saturated carbocycles. The summed E-state index contributed by atoms with van der Waals surface area (Å²) in [4.78, 5) is 4.42. The number of nitrogens with zero attached hydrogens (tertiary/aromatic N) is 1. The van der Waals surface area contributed by atoms with E-state index < -0.39 is 0 Å². The second-order valence-electron chi connectivity index (χ2n) is 4.45. The first-order chi connectivity index (χ1) is 9.17. The molecule has 0 saturated heterocycles. The van der Waals surface area contributed by atoms with Crippen molar-refractivity contribution in [2.45, 2.75) is 13.8 Å². The molecule has 0 unspecified atom stereocenters. The Labute approximate surface area is 114 Å². The number of hydrogen-bond donors (Lipinski definition) is 1. The van der Waals surface area contributed by atoms with Crippen LogP contribution in [0.4, 0.5) is 11.4 Å². The number of ether oxygens (including phenoxy) is 1. The van der Waals surface area contributed by atoms with Crippen LogP contribution in [0.15, 0.2) is 53.5 Å². The molecule has 0 aliphatic heterocycles. The van der Waals surface area contributed by atoms with Gasteiger partial charge in [0.2, 0.25) is 0 Å². The number of rotatable bonds is 2. The Morgan fingerprint density at radius 3 is 1.95 bits per heavy atom. The summed E-state index contributed by atoms with van der Waals surface area (Å²) in [5.41, 5.74) is 4.25. The Balaban J connectivity index is 2.15. The van der Waals surface area contributed by atoms with Crippen LogP contribution in [0.3, 0.4) is 0 Å². The largest absolute Gasteiger partial charge is 0.468 e. The van der Waals surface area contributed by atoms with Gasteiger partial charge in [0.1, 0.15) is 0 Å². The average molecular weight is 254 g/mol. The Kier molecular flexibility index (Phi) is 4.18. The highest BCUT2D eigenvalue weighted by atomic mass is 16.5. The van der Waals surface area contributed by atoms with Gasteiger partial charge in [0.15, 0.2) is 0 Å². The quantitative estimate of drug-likeness (QED) is 0.648. The number of aliphatic imine (C=N–C) groups is 1. The summed E-state index contributed by atoms with van der Waals surface area (Å²) < 4.78 is 5.26. The van der Waals surface area contributed by atoms with Crippen LogP contribution in [0.5, 0.6) is 0 Å². The maximum Gasteiger partial charge on any atom is 0.294 e. The van der Waals surface area contributed by atoms with E-state index in [-0.39, 0.29) is 0 Å². The average Bonchev–Trinajstić information content (AvgIpc) is 2.43. The van der Waals surface area contributed by atoms with E-state index in [9.17, 15) is 0 Å². The lowest BCUT2D eigenvalue weighted by Crippen LogP contribution is -2.13. The van der Waals surface area contributed by atoms with E-state index in [1.807, 2.05) is 48.5 Å². The van der Waals surface area contributed by atoms with Crippen LogP contribution in [-0.2, 0) is 4.74 Å². The van der Waals surface area contributed by atoms with Gasteiger partial charge in [-0.2, -0.15) is 4.99 Å². The van der Waals surface area contributed by atoms with Gasteiger partial charge in [-0.25, -0.2) is 0 Å². The SMILES string of the molecule is COC(=Nc1ccc(C)cc1)Nc1ccc(C)cc1. The summed E-state index contributed by atoms with van der Waals surface area (Å²) in [5.74, 6) is 0. The fraction of sp³-hybridized carbons (Fsp3) is 0.188. The number of aryl methyl sites for hydroxylation is 2. The molecule has 2 aromatic rings. The monoisotopic (exact) mass is 254 g/mol. The molecule has 0 fully saturated rings. The lowest BCUT2D eigenvalue weighted by atomic mass is 10.2. The molecule has 3 heteroatoms. The van der Waals surface area contributed by atoms with Gasteiger partial charge in [-0.1, -0.05) is 35.4 Å². The van der Waals surface area contributed by atoms with E-state index >= 15 is 0 Å². The van der Waals surface area contributed by atoms with Crippen molar-refractivity contribution in [1.29, 1.82) is 0 Å². The van der Waals surface area contributed by atoms with Crippen LogP contribution in [-0.4, -0.2) is 13.1 Å². The van der Waals surface area contributed by atoms with Crippen molar-refractivity contribution in [2.24, 2.45) is 4.99 Å².